The van der Waals surface area contributed by atoms with E-state index in [4.69, 9.17) is 9.47 Å². The molecule has 0 aromatic heterocycles. The second-order valence-electron chi connectivity index (χ2n) is 12.7. The lowest BCUT2D eigenvalue weighted by Gasteiger charge is -2.54. The summed E-state index contributed by atoms with van der Waals surface area (Å²) in [5.74, 6) is 0.887. The van der Waals surface area contributed by atoms with Gasteiger partial charge in [-0.2, -0.15) is 0 Å². The van der Waals surface area contributed by atoms with Gasteiger partial charge in [0.25, 0.3) is 0 Å². The number of aliphatic hydroxyl groups excluding tert-OH is 1. The molecule has 4 saturated carbocycles. The van der Waals surface area contributed by atoms with Gasteiger partial charge in [-0.05, 0) is 97.0 Å². The number of carbonyl (C=O) groups is 3. The number of fused-ring (bicyclic) bond motifs is 2. The minimum absolute atomic E-state index is 0.0848. The summed E-state index contributed by atoms with van der Waals surface area (Å²) in [6.45, 7) is 12.0. The average Bonchev–Trinajstić information content (AvgIpc) is 3.45. The summed E-state index contributed by atoms with van der Waals surface area (Å²) in [5.41, 5.74) is 0.665. The predicted octanol–water partition coefficient (Wildman–Crippen LogP) is 4.76. The Morgan fingerprint density at radius 1 is 1.27 bits per heavy atom. The number of ketones is 2. The number of allylic oxidation sites excluding steroid dienone is 2. The smallest absolute Gasteiger partial charge is 0.302 e. The van der Waals surface area contributed by atoms with E-state index >= 15 is 0 Å². The standard InChI is InChI=1S/C31H42O6/c1-5-13-36-14-9-19(2)28(35)26(34)16-25-27(37-20(3)32)17-24-23-7-6-21-15-22(33)8-10-30(21)18-31(23,30)12-11-29(24,25)4/h5,8,10,21,23-27,34H,1-2,6-7,9,11-18H2,3-4H3/t21?,23?,24?,25-,26+,27?,29-,30+,31-/m0/s1. The first-order chi connectivity index (χ1) is 17.6. The zero-order valence-corrected chi connectivity index (χ0v) is 22.4. The van der Waals surface area contributed by atoms with E-state index in [1.165, 1.54) is 13.3 Å². The highest BCUT2D eigenvalue weighted by molar-refractivity contribution is 5.98. The van der Waals surface area contributed by atoms with Crippen molar-refractivity contribution in [3.63, 3.8) is 0 Å². The largest absolute Gasteiger partial charge is 0.462 e. The van der Waals surface area contributed by atoms with Crippen molar-refractivity contribution in [1.82, 2.24) is 0 Å². The molecule has 4 fully saturated rings. The van der Waals surface area contributed by atoms with E-state index in [1.54, 1.807) is 6.08 Å². The molecule has 6 nitrogen and oxygen atoms in total. The first-order valence-electron chi connectivity index (χ1n) is 14.1. The third-order valence-corrected chi connectivity index (χ3v) is 11.1. The molecule has 5 aliphatic carbocycles. The molecule has 0 aromatic carbocycles. The first-order valence-corrected chi connectivity index (χ1v) is 14.1. The molecule has 0 saturated heterocycles. The summed E-state index contributed by atoms with van der Waals surface area (Å²) in [4.78, 5) is 37.2. The minimum Gasteiger partial charge on any atom is -0.462 e. The van der Waals surface area contributed by atoms with E-state index in [1.807, 2.05) is 6.08 Å². The minimum atomic E-state index is -1.17. The van der Waals surface area contributed by atoms with Crippen LogP contribution in [-0.2, 0) is 23.9 Å². The monoisotopic (exact) mass is 510 g/mol. The van der Waals surface area contributed by atoms with Crippen molar-refractivity contribution in [2.75, 3.05) is 13.2 Å². The molecule has 6 heteroatoms. The number of hydrogen-bond acceptors (Lipinski definition) is 6. The van der Waals surface area contributed by atoms with E-state index in [2.05, 4.69) is 26.2 Å². The lowest BCUT2D eigenvalue weighted by atomic mass is 9.50. The van der Waals surface area contributed by atoms with Crippen LogP contribution in [0, 0.1) is 39.9 Å². The van der Waals surface area contributed by atoms with Crippen molar-refractivity contribution in [2.45, 2.75) is 83.8 Å². The fraction of sp³-hybridized carbons (Fsp3) is 0.710. The van der Waals surface area contributed by atoms with Gasteiger partial charge < -0.3 is 14.6 Å². The van der Waals surface area contributed by atoms with E-state index in [0.717, 1.165) is 32.1 Å². The summed E-state index contributed by atoms with van der Waals surface area (Å²) >= 11 is 0. The van der Waals surface area contributed by atoms with Gasteiger partial charge in [-0.25, -0.2) is 0 Å². The van der Waals surface area contributed by atoms with Gasteiger partial charge in [0.05, 0.1) is 13.2 Å². The van der Waals surface area contributed by atoms with Crippen molar-refractivity contribution in [1.29, 1.82) is 0 Å². The Morgan fingerprint density at radius 3 is 2.78 bits per heavy atom. The zero-order chi connectivity index (χ0) is 26.6. The maximum atomic E-state index is 13.0. The number of hydrogen-bond donors (Lipinski definition) is 1. The number of ether oxygens (including phenoxy) is 2. The van der Waals surface area contributed by atoms with Gasteiger partial charge in [0, 0.05) is 19.3 Å². The highest BCUT2D eigenvalue weighted by atomic mass is 16.5. The van der Waals surface area contributed by atoms with Crippen molar-refractivity contribution < 1.29 is 29.0 Å². The highest BCUT2D eigenvalue weighted by Crippen LogP contribution is 2.84. The van der Waals surface area contributed by atoms with E-state index in [9.17, 15) is 19.5 Å². The molecule has 0 aromatic rings. The zero-order valence-electron chi connectivity index (χ0n) is 22.4. The molecule has 9 atom stereocenters. The van der Waals surface area contributed by atoms with E-state index in [-0.39, 0.29) is 52.2 Å². The Kier molecular flexibility index (Phi) is 6.89. The topological polar surface area (TPSA) is 89.9 Å². The van der Waals surface area contributed by atoms with Crippen LogP contribution >= 0.6 is 0 Å². The maximum Gasteiger partial charge on any atom is 0.302 e. The molecule has 37 heavy (non-hydrogen) atoms. The number of aliphatic hydroxyl groups is 1. The third-order valence-electron chi connectivity index (χ3n) is 11.1. The second kappa shape index (κ2) is 9.60. The molecule has 0 amide bonds. The lowest BCUT2D eigenvalue weighted by molar-refractivity contribution is -0.150. The summed E-state index contributed by atoms with van der Waals surface area (Å²) in [5, 5.41) is 11.0. The normalized spacial score (nSPS) is 42.0. The van der Waals surface area contributed by atoms with Gasteiger partial charge >= 0.3 is 5.97 Å². The number of Topliss-reactive ketones (excluding diaryl/α,β-unsaturated/α-hetero) is 1. The molecule has 5 rings (SSSR count). The Labute approximate surface area is 220 Å². The van der Waals surface area contributed by atoms with Gasteiger partial charge in [0.2, 0.25) is 0 Å². The molecule has 5 aliphatic rings. The maximum absolute atomic E-state index is 13.0. The van der Waals surface area contributed by atoms with Crippen molar-refractivity contribution in [2.24, 2.45) is 39.9 Å². The Hall–Kier alpha value is -2.05. The predicted molar refractivity (Wildman–Crippen MR) is 139 cm³/mol. The van der Waals surface area contributed by atoms with Crippen LogP contribution in [0.15, 0.2) is 37.0 Å². The van der Waals surface area contributed by atoms with Gasteiger partial charge in [-0.1, -0.05) is 25.7 Å². The van der Waals surface area contributed by atoms with Crippen LogP contribution in [0.3, 0.4) is 0 Å². The average molecular weight is 511 g/mol. The highest BCUT2D eigenvalue weighted by Gasteiger charge is 2.78. The third kappa shape index (κ3) is 4.19. The molecule has 2 spiro atoms. The van der Waals surface area contributed by atoms with Crippen molar-refractivity contribution in [3.05, 3.63) is 37.0 Å². The number of rotatable bonds is 10. The fourth-order valence-corrected chi connectivity index (χ4v) is 9.41. The molecule has 0 bridgehead atoms. The lowest BCUT2D eigenvalue weighted by Crippen LogP contribution is -2.48. The van der Waals surface area contributed by atoms with E-state index < -0.39 is 6.10 Å². The van der Waals surface area contributed by atoms with Gasteiger partial charge in [-0.3, -0.25) is 14.4 Å². The number of esters is 1. The molecule has 0 heterocycles. The Morgan fingerprint density at radius 2 is 2.05 bits per heavy atom. The van der Waals surface area contributed by atoms with Crippen LogP contribution in [0.25, 0.3) is 0 Å². The van der Waals surface area contributed by atoms with Crippen LogP contribution in [0.4, 0.5) is 0 Å². The van der Waals surface area contributed by atoms with Crippen LogP contribution in [-0.4, -0.2) is 48.1 Å². The molecule has 0 radical (unpaired) electrons. The van der Waals surface area contributed by atoms with Crippen LogP contribution in [0.2, 0.25) is 0 Å². The summed E-state index contributed by atoms with van der Waals surface area (Å²) in [7, 11) is 0. The van der Waals surface area contributed by atoms with E-state index in [0.29, 0.717) is 49.4 Å². The molecule has 202 valence electrons. The van der Waals surface area contributed by atoms with Gasteiger partial charge in [0.15, 0.2) is 11.6 Å². The summed E-state index contributed by atoms with van der Waals surface area (Å²) < 4.78 is 11.3. The Bertz CT molecular complexity index is 1030. The molecular formula is C31H42O6. The van der Waals surface area contributed by atoms with Crippen molar-refractivity contribution >= 4 is 17.5 Å². The van der Waals surface area contributed by atoms with Crippen LogP contribution in [0.1, 0.15) is 71.6 Å². The molecule has 1 N–H and O–H groups in total. The van der Waals surface area contributed by atoms with Gasteiger partial charge in [-0.15, -0.1) is 6.58 Å². The molecule has 4 unspecified atom stereocenters. The summed E-state index contributed by atoms with van der Waals surface area (Å²) in [6, 6.07) is 0. The summed E-state index contributed by atoms with van der Waals surface area (Å²) in [6.07, 6.45) is 11.8. The SMILES string of the molecule is C=CCOCCC(=C)C(=O)[C@H](O)C[C@H]1C(OC(C)=O)CC2C3CCC4CC(=O)C=C[C@@]45C[C@@]35CC[C@@]21C. The quantitative estimate of drug-likeness (QED) is 0.197. The van der Waals surface area contributed by atoms with Crippen molar-refractivity contribution in [3.8, 4) is 0 Å². The number of carbonyl (C=O) groups excluding carboxylic acids is 3. The second-order valence-corrected chi connectivity index (χ2v) is 12.7. The molecular weight excluding hydrogens is 468 g/mol. The molecule has 0 aliphatic heterocycles. The van der Waals surface area contributed by atoms with Crippen LogP contribution in [0.5, 0.6) is 0 Å². The first kappa shape index (κ1) is 26.6. The van der Waals surface area contributed by atoms with Gasteiger partial charge in [0.1, 0.15) is 12.2 Å². The Balaban J connectivity index is 1.34. The van der Waals surface area contributed by atoms with Crippen LogP contribution < -0.4 is 0 Å². The fourth-order valence-electron chi connectivity index (χ4n) is 9.41.